The van der Waals surface area contributed by atoms with E-state index in [0.29, 0.717) is 12.8 Å². The Labute approximate surface area is 398 Å². The summed E-state index contributed by atoms with van der Waals surface area (Å²) in [6.07, 6.45) is 73.5. The summed E-state index contributed by atoms with van der Waals surface area (Å²) >= 11 is 0. The fourth-order valence-corrected chi connectivity index (χ4v) is 8.07. The lowest BCUT2D eigenvalue weighted by atomic mass is 10.0. The predicted octanol–water partition coefficient (Wildman–Crippen LogP) is 18.6. The minimum absolute atomic E-state index is 0.0716. The summed E-state index contributed by atoms with van der Waals surface area (Å²) in [5.41, 5.74) is 0. The second-order valence-corrected chi connectivity index (χ2v) is 18.7. The summed E-state index contributed by atoms with van der Waals surface area (Å²) in [7, 11) is 0. The first-order valence-corrected chi connectivity index (χ1v) is 27.8. The smallest absolute Gasteiger partial charge is 0.306 e. The average molecular weight is 895 g/mol. The van der Waals surface area contributed by atoms with Crippen molar-refractivity contribution in [2.75, 3.05) is 13.2 Å². The highest BCUT2D eigenvalue weighted by atomic mass is 16.6. The van der Waals surface area contributed by atoms with Gasteiger partial charge in [0.25, 0.3) is 0 Å². The second-order valence-electron chi connectivity index (χ2n) is 18.7. The number of aliphatic hydroxyl groups excluding tert-OH is 1. The summed E-state index contributed by atoms with van der Waals surface area (Å²) in [5, 5.41) is 9.61. The van der Waals surface area contributed by atoms with Gasteiger partial charge in [0.2, 0.25) is 0 Å². The van der Waals surface area contributed by atoms with Crippen LogP contribution in [0.1, 0.15) is 284 Å². The Kier molecular flexibility index (Phi) is 52.9. The highest BCUT2D eigenvalue weighted by molar-refractivity contribution is 5.70. The van der Waals surface area contributed by atoms with Crippen molar-refractivity contribution in [1.82, 2.24) is 0 Å². The largest absolute Gasteiger partial charge is 0.462 e. The minimum Gasteiger partial charge on any atom is -0.462 e. The molecule has 0 aliphatic heterocycles. The van der Waals surface area contributed by atoms with Crippen LogP contribution >= 0.6 is 0 Å². The van der Waals surface area contributed by atoms with E-state index in [-0.39, 0.29) is 25.2 Å². The van der Waals surface area contributed by atoms with E-state index in [9.17, 15) is 14.7 Å². The highest BCUT2D eigenvalue weighted by Crippen LogP contribution is 2.17. The zero-order valence-corrected chi connectivity index (χ0v) is 42.5. The highest BCUT2D eigenvalue weighted by Gasteiger charge is 2.16. The van der Waals surface area contributed by atoms with Crippen LogP contribution in [0.25, 0.3) is 0 Å². The van der Waals surface area contributed by atoms with E-state index in [1.54, 1.807) is 0 Å². The van der Waals surface area contributed by atoms with Gasteiger partial charge in [-0.3, -0.25) is 9.59 Å². The number of carbonyl (C=O) groups is 2. The molecule has 1 atom stereocenters. The molecule has 0 saturated carbocycles. The molecule has 0 spiro atoms. The zero-order chi connectivity index (χ0) is 46.3. The van der Waals surface area contributed by atoms with Gasteiger partial charge in [0.15, 0.2) is 6.10 Å². The van der Waals surface area contributed by atoms with E-state index in [1.807, 2.05) is 0 Å². The van der Waals surface area contributed by atoms with Gasteiger partial charge in [-0.05, 0) is 77.0 Å². The van der Waals surface area contributed by atoms with Crippen LogP contribution in [0.3, 0.4) is 0 Å². The maximum Gasteiger partial charge on any atom is 0.306 e. The summed E-state index contributed by atoms with van der Waals surface area (Å²) < 4.78 is 10.7. The van der Waals surface area contributed by atoms with Crippen molar-refractivity contribution in [2.24, 2.45) is 0 Å². The molecule has 0 radical (unpaired) electrons. The van der Waals surface area contributed by atoms with Crippen molar-refractivity contribution in [3.8, 4) is 0 Å². The SMILES string of the molecule is CCC/C=C\C/C=C\CCCCCCCC(=O)OCC(CO)OC(=O)CCCCCCCCCCCCCCCCCCCCCCCC/C=C\C/C=C\C/C=C\CCCCCCC. The first kappa shape index (κ1) is 61.6. The Morgan fingerprint density at radius 1 is 0.359 bits per heavy atom. The first-order valence-electron chi connectivity index (χ1n) is 27.8. The molecule has 5 nitrogen and oxygen atoms in total. The lowest BCUT2D eigenvalue weighted by molar-refractivity contribution is -0.161. The van der Waals surface area contributed by atoms with Crippen LogP contribution in [0.4, 0.5) is 0 Å². The van der Waals surface area contributed by atoms with Crippen LogP contribution in [0.15, 0.2) is 60.8 Å². The van der Waals surface area contributed by atoms with E-state index < -0.39 is 6.10 Å². The fourth-order valence-electron chi connectivity index (χ4n) is 8.07. The molecule has 0 bridgehead atoms. The molecule has 372 valence electrons. The van der Waals surface area contributed by atoms with Crippen molar-refractivity contribution in [3.63, 3.8) is 0 Å². The lowest BCUT2D eigenvalue weighted by Crippen LogP contribution is -2.28. The molecule has 0 amide bonds. The van der Waals surface area contributed by atoms with E-state index in [2.05, 4.69) is 74.6 Å². The average Bonchev–Trinajstić information content (AvgIpc) is 3.30. The third-order valence-electron chi connectivity index (χ3n) is 12.3. The molecule has 0 aliphatic carbocycles. The number of esters is 2. The zero-order valence-electron chi connectivity index (χ0n) is 42.5. The molecule has 64 heavy (non-hydrogen) atoms. The second kappa shape index (κ2) is 54.9. The van der Waals surface area contributed by atoms with Crippen LogP contribution in [-0.4, -0.2) is 36.4 Å². The topological polar surface area (TPSA) is 72.8 Å². The number of hydrogen-bond acceptors (Lipinski definition) is 5. The van der Waals surface area contributed by atoms with Crippen LogP contribution in [0.2, 0.25) is 0 Å². The van der Waals surface area contributed by atoms with E-state index >= 15 is 0 Å². The number of carbonyl (C=O) groups excluding carboxylic acids is 2. The Morgan fingerprint density at radius 2 is 0.656 bits per heavy atom. The number of aliphatic hydroxyl groups is 1. The molecule has 0 saturated heterocycles. The van der Waals surface area contributed by atoms with Crippen LogP contribution < -0.4 is 0 Å². The number of ether oxygens (including phenoxy) is 2. The lowest BCUT2D eigenvalue weighted by Gasteiger charge is -2.15. The number of hydrogen-bond donors (Lipinski definition) is 1. The van der Waals surface area contributed by atoms with Crippen LogP contribution in [0.5, 0.6) is 0 Å². The van der Waals surface area contributed by atoms with Crippen LogP contribution in [-0.2, 0) is 19.1 Å². The molecule has 0 rings (SSSR count). The van der Waals surface area contributed by atoms with Gasteiger partial charge in [0.05, 0.1) is 6.61 Å². The molecule has 0 aliphatic rings. The molecule has 1 N–H and O–H groups in total. The van der Waals surface area contributed by atoms with Gasteiger partial charge in [-0.1, -0.05) is 254 Å². The maximum absolute atomic E-state index is 12.3. The standard InChI is InChI=1S/C59H106O5/c1-3-5-7-9-11-13-15-17-18-19-20-21-22-23-24-25-26-27-28-29-30-31-32-33-34-35-36-37-38-39-40-42-44-46-48-50-52-54-59(62)64-57(55-60)56-63-58(61)53-51-49-47-45-43-41-16-14-12-10-8-6-4-2/h8,10,14-17,19-20,22-23,57,60H,3-7,9,11-13,18,21,24-56H2,1-2H3/b10-8-,16-14-,17-15-,20-19-,23-22-. The summed E-state index contributed by atoms with van der Waals surface area (Å²) in [5.74, 6) is -0.599. The first-order chi connectivity index (χ1) is 31.6. The van der Waals surface area contributed by atoms with Gasteiger partial charge < -0.3 is 14.6 Å². The van der Waals surface area contributed by atoms with Gasteiger partial charge in [-0.2, -0.15) is 0 Å². The van der Waals surface area contributed by atoms with Crippen molar-refractivity contribution in [1.29, 1.82) is 0 Å². The van der Waals surface area contributed by atoms with Gasteiger partial charge in [-0.15, -0.1) is 0 Å². The van der Waals surface area contributed by atoms with Gasteiger partial charge in [0, 0.05) is 12.8 Å². The maximum atomic E-state index is 12.3. The van der Waals surface area contributed by atoms with E-state index in [0.717, 1.165) is 70.6 Å². The molecule has 0 heterocycles. The molecule has 1 unspecified atom stereocenters. The summed E-state index contributed by atoms with van der Waals surface area (Å²) in [6, 6.07) is 0. The molecular weight excluding hydrogens is 789 g/mol. The quantitative estimate of drug-likeness (QED) is 0.0374. The van der Waals surface area contributed by atoms with E-state index in [4.69, 9.17) is 9.47 Å². The number of rotatable bonds is 51. The van der Waals surface area contributed by atoms with Gasteiger partial charge in [0.1, 0.15) is 6.61 Å². The molecule has 0 aromatic heterocycles. The number of allylic oxidation sites excluding steroid dienone is 10. The van der Waals surface area contributed by atoms with Gasteiger partial charge in [-0.25, -0.2) is 0 Å². The third kappa shape index (κ3) is 52.2. The molecule has 5 heteroatoms. The number of unbranched alkanes of at least 4 members (excludes halogenated alkanes) is 33. The summed E-state index contributed by atoms with van der Waals surface area (Å²) in [6.45, 7) is 4.07. The van der Waals surface area contributed by atoms with E-state index in [1.165, 1.54) is 186 Å². The van der Waals surface area contributed by atoms with Crippen LogP contribution in [0, 0.1) is 0 Å². The Morgan fingerprint density at radius 3 is 1.00 bits per heavy atom. The molecule has 0 fully saturated rings. The fraction of sp³-hybridized carbons (Fsp3) is 0.797. The Balaban J connectivity index is 3.41. The van der Waals surface area contributed by atoms with Crippen molar-refractivity contribution in [2.45, 2.75) is 290 Å². The Hall–Kier alpha value is -2.40. The molecule has 0 aromatic rings. The Bertz CT molecular complexity index is 1100. The van der Waals surface area contributed by atoms with Crippen molar-refractivity contribution >= 4 is 11.9 Å². The minimum atomic E-state index is -0.777. The van der Waals surface area contributed by atoms with Crippen molar-refractivity contribution < 1.29 is 24.2 Å². The monoisotopic (exact) mass is 895 g/mol. The molecular formula is C59H106O5. The van der Waals surface area contributed by atoms with Gasteiger partial charge >= 0.3 is 11.9 Å². The summed E-state index contributed by atoms with van der Waals surface area (Å²) in [4.78, 5) is 24.4. The van der Waals surface area contributed by atoms with Crippen molar-refractivity contribution in [3.05, 3.63) is 60.8 Å². The molecule has 0 aromatic carbocycles. The third-order valence-corrected chi connectivity index (χ3v) is 12.3. The normalized spacial score (nSPS) is 12.6. The predicted molar refractivity (Wildman–Crippen MR) is 279 cm³/mol.